The van der Waals surface area contributed by atoms with Crippen LogP contribution in [0, 0.1) is 12.8 Å². The Labute approximate surface area is 226 Å². The lowest BCUT2D eigenvalue weighted by Gasteiger charge is -2.32. The third kappa shape index (κ3) is 7.32. The first-order valence-electron chi connectivity index (χ1n) is 12.7. The van der Waals surface area contributed by atoms with Gasteiger partial charge in [-0.1, -0.05) is 0 Å². The molecule has 1 aromatic heterocycles. The zero-order chi connectivity index (χ0) is 29.1. The number of fused-ring (bicyclic) bond motifs is 1. The van der Waals surface area contributed by atoms with Crippen molar-refractivity contribution in [1.82, 2.24) is 20.0 Å². The first-order valence-corrected chi connectivity index (χ1v) is 12.7. The summed E-state index contributed by atoms with van der Waals surface area (Å²) in [4.78, 5) is 26.9. The van der Waals surface area contributed by atoms with E-state index in [1.54, 1.807) is 28.6 Å². The number of piperidine rings is 1. The lowest BCUT2D eigenvalue weighted by atomic mass is 9.96. The molecule has 1 saturated heterocycles. The van der Waals surface area contributed by atoms with E-state index < -0.39 is 30.4 Å². The first kappa shape index (κ1) is 29.4. The van der Waals surface area contributed by atoms with Crippen molar-refractivity contribution in [1.29, 1.82) is 0 Å². The summed E-state index contributed by atoms with van der Waals surface area (Å²) in [5, 5.41) is 7.92. The molecule has 4 rings (SSSR count). The maximum Gasteiger partial charge on any atom is 0.416 e. The molecule has 1 fully saturated rings. The van der Waals surface area contributed by atoms with Crippen LogP contribution in [0.1, 0.15) is 44.7 Å². The van der Waals surface area contributed by atoms with Gasteiger partial charge in [0.25, 0.3) is 11.8 Å². The molecule has 0 radical (unpaired) electrons. The average molecular weight is 571 g/mol. The zero-order valence-corrected chi connectivity index (χ0v) is 21.6. The number of hydrogen-bond donors (Lipinski definition) is 1. The van der Waals surface area contributed by atoms with Gasteiger partial charge >= 0.3 is 12.4 Å². The van der Waals surface area contributed by atoms with Gasteiger partial charge in [-0.3, -0.25) is 14.3 Å². The molecule has 7 nitrogen and oxygen atoms in total. The van der Waals surface area contributed by atoms with Gasteiger partial charge in [0.05, 0.1) is 17.7 Å². The quantitative estimate of drug-likeness (QED) is 0.298. The van der Waals surface area contributed by atoms with E-state index in [-0.39, 0.29) is 30.5 Å². The molecule has 2 heterocycles. The number of ether oxygens (including phenoxy) is 1. The smallest absolute Gasteiger partial charge is 0.370 e. The number of halogens is 6. The van der Waals surface area contributed by atoms with Crippen LogP contribution >= 0.6 is 0 Å². The normalized spacial score (nSPS) is 15.0. The number of amides is 2. The van der Waals surface area contributed by atoms with Crippen molar-refractivity contribution in [2.24, 2.45) is 5.92 Å². The van der Waals surface area contributed by atoms with Crippen LogP contribution in [0.15, 0.2) is 42.6 Å². The highest BCUT2D eigenvalue weighted by atomic mass is 19.4. The lowest BCUT2D eigenvalue weighted by Crippen LogP contribution is -2.39. The Hall–Kier alpha value is -3.61. The van der Waals surface area contributed by atoms with Crippen molar-refractivity contribution >= 4 is 22.7 Å². The molecular weight excluding hydrogens is 542 g/mol. The summed E-state index contributed by atoms with van der Waals surface area (Å²) in [6, 6.07) is 7.54. The highest BCUT2D eigenvalue weighted by molar-refractivity contribution is 6.00. The number of carbonyl (C=O) groups is 2. The second-order valence-electron chi connectivity index (χ2n) is 9.76. The highest BCUT2D eigenvalue weighted by Crippen LogP contribution is 2.30. The van der Waals surface area contributed by atoms with E-state index in [9.17, 15) is 35.9 Å². The SMILES string of the molecule is Cc1c(C(=O)NCCOCC(F)(F)F)ccc2nn(CC3CCN(C(=O)c4ccc(C(F)(F)F)cc4)CC3)cc12. The van der Waals surface area contributed by atoms with Gasteiger partial charge in [-0.2, -0.15) is 31.4 Å². The van der Waals surface area contributed by atoms with Gasteiger partial charge in [-0.15, -0.1) is 0 Å². The maximum atomic E-state index is 12.8. The van der Waals surface area contributed by atoms with E-state index >= 15 is 0 Å². The minimum Gasteiger partial charge on any atom is -0.370 e. The third-order valence-corrected chi connectivity index (χ3v) is 6.85. The molecule has 3 aromatic rings. The molecular formula is C27H28F6N4O3. The summed E-state index contributed by atoms with van der Waals surface area (Å²) in [7, 11) is 0. The number of aromatic nitrogens is 2. The van der Waals surface area contributed by atoms with Gasteiger partial charge in [0.15, 0.2) is 0 Å². The molecule has 1 aliphatic rings. The summed E-state index contributed by atoms with van der Waals surface area (Å²) in [6.07, 6.45) is -5.64. The molecule has 40 heavy (non-hydrogen) atoms. The summed E-state index contributed by atoms with van der Waals surface area (Å²) in [5.41, 5.74) is 1.19. The van der Waals surface area contributed by atoms with E-state index in [0.29, 0.717) is 49.1 Å². The standard InChI is InChI=1S/C27H28F6N4O3/c1-17-21(24(38)34-10-13-40-16-26(28,29)30)6-7-23-22(17)15-37(35-23)14-18-8-11-36(12-9-18)25(39)19-2-4-20(5-3-19)27(31,32)33/h2-7,15,18H,8-14,16H2,1H3,(H,34,38). The maximum absolute atomic E-state index is 12.8. The summed E-state index contributed by atoms with van der Waals surface area (Å²) in [5.74, 6) is -0.496. The molecule has 0 unspecified atom stereocenters. The van der Waals surface area contributed by atoms with Crippen LogP contribution in [0.4, 0.5) is 26.3 Å². The average Bonchev–Trinajstić information content (AvgIpc) is 3.31. The summed E-state index contributed by atoms with van der Waals surface area (Å²) >= 11 is 0. The van der Waals surface area contributed by atoms with Crippen molar-refractivity contribution in [3.8, 4) is 0 Å². The van der Waals surface area contributed by atoms with Gasteiger partial charge in [-0.05, 0) is 67.6 Å². The minimum atomic E-state index is -4.46. The zero-order valence-electron chi connectivity index (χ0n) is 21.6. The third-order valence-electron chi connectivity index (χ3n) is 6.85. The number of likely N-dealkylation sites (tertiary alicyclic amines) is 1. The molecule has 1 N–H and O–H groups in total. The van der Waals surface area contributed by atoms with E-state index in [1.165, 1.54) is 12.1 Å². The fourth-order valence-corrected chi connectivity index (χ4v) is 4.71. The van der Waals surface area contributed by atoms with Crippen molar-refractivity contribution in [3.63, 3.8) is 0 Å². The molecule has 2 amide bonds. The monoisotopic (exact) mass is 570 g/mol. The number of nitrogens with one attached hydrogen (secondary N) is 1. The Morgan fingerprint density at radius 2 is 1.70 bits per heavy atom. The van der Waals surface area contributed by atoms with Crippen LogP contribution in [0.2, 0.25) is 0 Å². The molecule has 0 spiro atoms. The molecule has 13 heteroatoms. The number of rotatable bonds is 8. The Morgan fingerprint density at radius 1 is 1.02 bits per heavy atom. The van der Waals surface area contributed by atoms with Crippen molar-refractivity contribution in [2.45, 2.75) is 38.7 Å². The number of aryl methyl sites for hydroxylation is 1. The van der Waals surface area contributed by atoms with E-state index in [1.807, 2.05) is 6.20 Å². The summed E-state index contributed by atoms with van der Waals surface area (Å²) in [6.45, 7) is 1.61. The Morgan fingerprint density at radius 3 is 2.33 bits per heavy atom. The minimum absolute atomic E-state index is 0.0638. The Bertz CT molecular complexity index is 1340. The highest BCUT2D eigenvalue weighted by Gasteiger charge is 2.31. The number of carbonyl (C=O) groups excluding carboxylic acids is 2. The number of alkyl halides is 6. The van der Waals surface area contributed by atoms with Gasteiger partial charge in [0.2, 0.25) is 0 Å². The molecule has 0 aliphatic carbocycles. The molecule has 0 saturated carbocycles. The Balaban J connectivity index is 1.30. The van der Waals surface area contributed by atoms with E-state index in [4.69, 9.17) is 0 Å². The fraction of sp³-hybridized carbons (Fsp3) is 0.444. The van der Waals surface area contributed by atoms with Crippen LogP contribution in [0.25, 0.3) is 10.9 Å². The van der Waals surface area contributed by atoms with E-state index in [0.717, 1.165) is 17.5 Å². The molecule has 2 aromatic carbocycles. The predicted octanol–water partition coefficient (Wildman–Crippen LogP) is 5.22. The molecule has 0 atom stereocenters. The van der Waals surface area contributed by atoms with Crippen LogP contribution in [0.5, 0.6) is 0 Å². The number of nitrogens with zero attached hydrogens (tertiary/aromatic N) is 3. The van der Waals surface area contributed by atoms with Crippen LogP contribution in [-0.4, -0.2) is 65.5 Å². The second kappa shape index (κ2) is 11.9. The first-order chi connectivity index (χ1) is 18.8. The van der Waals surface area contributed by atoms with Gasteiger partial charge in [0.1, 0.15) is 6.61 Å². The largest absolute Gasteiger partial charge is 0.416 e. The van der Waals surface area contributed by atoms with Crippen LogP contribution in [-0.2, 0) is 17.5 Å². The molecule has 1 aliphatic heterocycles. The van der Waals surface area contributed by atoms with Gasteiger partial charge in [-0.25, -0.2) is 0 Å². The summed E-state index contributed by atoms with van der Waals surface area (Å²) < 4.78 is 81.1. The Kier molecular flexibility index (Phi) is 8.71. The van der Waals surface area contributed by atoms with E-state index in [2.05, 4.69) is 15.2 Å². The topological polar surface area (TPSA) is 76.5 Å². The van der Waals surface area contributed by atoms with Crippen molar-refractivity contribution in [2.75, 3.05) is 32.8 Å². The number of benzene rings is 2. The van der Waals surface area contributed by atoms with Crippen LogP contribution < -0.4 is 5.32 Å². The van der Waals surface area contributed by atoms with Crippen LogP contribution in [0.3, 0.4) is 0 Å². The predicted molar refractivity (Wildman–Crippen MR) is 134 cm³/mol. The van der Waals surface area contributed by atoms with Crippen molar-refractivity contribution in [3.05, 3.63) is 64.8 Å². The number of hydrogen-bond acceptors (Lipinski definition) is 4. The van der Waals surface area contributed by atoms with Gasteiger partial charge < -0.3 is 15.0 Å². The molecule has 0 bridgehead atoms. The second-order valence-corrected chi connectivity index (χ2v) is 9.76. The van der Waals surface area contributed by atoms with Gasteiger partial charge in [0, 0.05) is 48.9 Å². The van der Waals surface area contributed by atoms with Crippen molar-refractivity contribution < 1.29 is 40.7 Å². The fourth-order valence-electron chi connectivity index (χ4n) is 4.71. The molecule has 216 valence electrons. The lowest BCUT2D eigenvalue weighted by molar-refractivity contribution is -0.173.